The SMILES string of the molecule is CC(C)CCN1CC2(CCCN(C(=O)c3ccc(F)cc3)C2)CCC1=O. The zero-order valence-corrected chi connectivity index (χ0v) is 15.8. The Morgan fingerprint density at radius 3 is 2.62 bits per heavy atom. The molecule has 0 aliphatic carbocycles. The molecule has 4 nitrogen and oxygen atoms in total. The molecule has 0 bridgehead atoms. The monoisotopic (exact) mass is 360 g/mol. The second-order valence-electron chi connectivity index (χ2n) is 8.33. The Morgan fingerprint density at radius 1 is 1.19 bits per heavy atom. The summed E-state index contributed by atoms with van der Waals surface area (Å²) >= 11 is 0. The van der Waals surface area contributed by atoms with Crippen LogP contribution in [0.1, 0.15) is 56.3 Å². The Balaban J connectivity index is 1.69. The smallest absolute Gasteiger partial charge is 0.253 e. The third-order valence-electron chi connectivity index (χ3n) is 5.76. The van der Waals surface area contributed by atoms with Crippen molar-refractivity contribution in [3.8, 4) is 0 Å². The number of likely N-dealkylation sites (tertiary alicyclic amines) is 2. The normalized spacial score (nSPS) is 23.8. The molecule has 2 fully saturated rings. The number of rotatable bonds is 4. The third-order valence-corrected chi connectivity index (χ3v) is 5.76. The quantitative estimate of drug-likeness (QED) is 0.821. The Kier molecular flexibility index (Phi) is 5.64. The molecule has 1 spiro atoms. The van der Waals surface area contributed by atoms with E-state index in [2.05, 4.69) is 13.8 Å². The lowest BCUT2D eigenvalue weighted by Crippen LogP contribution is -2.55. The molecule has 1 unspecified atom stereocenters. The van der Waals surface area contributed by atoms with Crippen molar-refractivity contribution in [3.63, 3.8) is 0 Å². The molecule has 2 amide bonds. The number of halogens is 1. The number of nitrogens with zero attached hydrogens (tertiary/aromatic N) is 2. The number of piperidine rings is 2. The Morgan fingerprint density at radius 2 is 1.92 bits per heavy atom. The maximum atomic E-state index is 13.1. The van der Waals surface area contributed by atoms with E-state index in [9.17, 15) is 14.0 Å². The summed E-state index contributed by atoms with van der Waals surface area (Å²) in [5.74, 6) is 0.458. The minimum Gasteiger partial charge on any atom is -0.342 e. The number of benzene rings is 1. The molecular formula is C21H29FN2O2. The molecule has 0 aromatic heterocycles. The van der Waals surface area contributed by atoms with E-state index >= 15 is 0 Å². The van der Waals surface area contributed by atoms with Crippen LogP contribution in [0.2, 0.25) is 0 Å². The van der Waals surface area contributed by atoms with E-state index in [1.807, 2.05) is 9.80 Å². The van der Waals surface area contributed by atoms with Crippen molar-refractivity contribution in [2.75, 3.05) is 26.2 Å². The molecule has 0 radical (unpaired) electrons. The fourth-order valence-corrected chi connectivity index (χ4v) is 4.21. The van der Waals surface area contributed by atoms with Gasteiger partial charge in [0.2, 0.25) is 5.91 Å². The number of hydrogen-bond acceptors (Lipinski definition) is 2. The van der Waals surface area contributed by atoms with Crippen LogP contribution in [0.25, 0.3) is 0 Å². The second kappa shape index (κ2) is 7.77. The van der Waals surface area contributed by atoms with Gasteiger partial charge in [-0.3, -0.25) is 9.59 Å². The second-order valence-corrected chi connectivity index (χ2v) is 8.33. The molecule has 2 heterocycles. The summed E-state index contributed by atoms with van der Waals surface area (Å²) in [5.41, 5.74) is 0.547. The summed E-state index contributed by atoms with van der Waals surface area (Å²) in [7, 11) is 0. The van der Waals surface area contributed by atoms with Crippen LogP contribution < -0.4 is 0 Å². The van der Waals surface area contributed by atoms with Crippen LogP contribution in [-0.4, -0.2) is 47.8 Å². The van der Waals surface area contributed by atoms with Gasteiger partial charge in [0.25, 0.3) is 5.91 Å². The molecule has 142 valence electrons. The Labute approximate surface area is 155 Å². The van der Waals surface area contributed by atoms with Crippen molar-refractivity contribution in [1.82, 2.24) is 9.80 Å². The van der Waals surface area contributed by atoms with Gasteiger partial charge in [-0.25, -0.2) is 4.39 Å². The zero-order valence-electron chi connectivity index (χ0n) is 15.8. The summed E-state index contributed by atoms with van der Waals surface area (Å²) in [4.78, 5) is 29.0. The van der Waals surface area contributed by atoms with Crippen LogP contribution in [0.3, 0.4) is 0 Å². The first-order chi connectivity index (χ1) is 12.4. The van der Waals surface area contributed by atoms with Gasteiger partial charge in [0.15, 0.2) is 0 Å². The lowest BCUT2D eigenvalue weighted by atomic mass is 9.73. The van der Waals surface area contributed by atoms with Crippen LogP contribution in [0.5, 0.6) is 0 Å². The number of carbonyl (C=O) groups is 2. The topological polar surface area (TPSA) is 40.6 Å². The molecule has 1 aromatic carbocycles. The van der Waals surface area contributed by atoms with Gasteiger partial charge in [0.1, 0.15) is 5.82 Å². The lowest BCUT2D eigenvalue weighted by Gasteiger charge is -2.48. The predicted octanol–water partition coefficient (Wildman–Crippen LogP) is 3.72. The highest BCUT2D eigenvalue weighted by Gasteiger charge is 2.42. The molecule has 1 atom stereocenters. The van der Waals surface area contributed by atoms with E-state index < -0.39 is 0 Å². The first kappa shape index (κ1) is 18.9. The molecule has 3 rings (SSSR count). The summed E-state index contributed by atoms with van der Waals surface area (Å²) in [5, 5.41) is 0. The fraction of sp³-hybridized carbons (Fsp3) is 0.619. The standard InChI is InChI=1S/C21H29FN2O2/c1-16(2)9-13-23-14-21(11-8-19(23)25)10-3-12-24(15-21)20(26)17-4-6-18(22)7-5-17/h4-7,16H,3,8-15H2,1-2H3. The van der Waals surface area contributed by atoms with Crippen LogP contribution in [0.4, 0.5) is 4.39 Å². The predicted molar refractivity (Wildman–Crippen MR) is 99.2 cm³/mol. The van der Waals surface area contributed by atoms with Gasteiger partial charge < -0.3 is 9.80 Å². The minimum atomic E-state index is -0.330. The maximum absolute atomic E-state index is 13.1. The molecule has 2 aliphatic rings. The molecule has 0 N–H and O–H groups in total. The molecule has 0 saturated carbocycles. The van der Waals surface area contributed by atoms with Gasteiger partial charge in [-0.1, -0.05) is 13.8 Å². The van der Waals surface area contributed by atoms with Crippen molar-refractivity contribution in [3.05, 3.63) is 35.6 Å². The van der Waals surface area contributed by atoms with Gasteiger partial charge in [-0.2, -0.15) is 0 Å². The van der Waals surface area contributed by atoms with Crippen LogP contribution >= 0.6 is 0 Å². The number of hydrogen-bond donors (Lipinski definition) is 0. The maximum Gasteiger partial charge on any atom is 0.253 e. The largest absolute Gasteiger partial charge is 0.342 e. The minimum absolute atomic E-state index is 0.0127. The van der Waals surface area contributed by atoms with Crippen molar-refractivity contribution in [2.45, 2.75) is 46.0 Å². The first-order valence-corrected chi connectivity index (χ1v) is 9.71. The fourth-order valence-electron chi connectivity index (χ4n) is 4.21. The highest BCUT2D eigenvalue weighted by molar-refractivity contribution is 5.94. The molecule has 2 aliphatic heterocycles. The summed E-state index contributed by atoms with van der Waals surface area (Å²) in [6.45, 7) is 7.34. The highest BCUT2D eigenvalue weighted by Crippen LogP contribution is 2.39. The van der Waals surface area contributed by atoms with Crippen molar-refractivity contribution in [2.24, 2.45) is 11.3 Å². The number of amides is 2. The molecular weight excluding hydrogens is 331 g/mol. The highest BCUT2D eigenvalue weighted by atomic mass is 19.1. The van der Waals surface area contributed by atoms with Crippen LogP contribution in [0, 0.1) is 17.2 Å². The molecule has 1 aromatic rings. The van der Waals surface area contributed by atoms with E-state index in [0.29, 0.717) is 24.4 Å². The Hall–Kier alpha value is -1.91. The van der Waals surface area contributed by atoms with Gasteiger partial charge in [0, 0.05) is 43.6 Å². The van der Waals surface area contributed by atoms with Crippen LogP contribution in [-0.2, 0) is 4.79 Å². The van der Waals surface area contributed by atoms with Gasteiger partial charge in [-0.15, -0.1) is 0 Å². The molecule has 2 saturated heterocycles. The van der Waals surface area contributed by atoms with Crippen molar-refractivity contribution < 1.29 is 14.0 Å². The van der Waals surface area contributed by atoms with Crippen molar-refractivity contribution in [1.29, 1.82) is 0 Å². The van der Waals surface area contributed by atoms with E-state index in [-0.39, 0.29) is 23.0 Å². The summed E-state index contributed by atoms with van der Waals surface area (Å²) < 4.78 is 13.1. The van der Waals surface area contributed by atoms with E-state index in [4.69, 9.17) is 0 Å². The van der Waals surface area contributed by atoms with Gasteiger partial charge >= 0.3 is 0 Å². The molecule has 26 heavy (non-hydrogen) atoms. The zero-order chi connectivity index (χ0) is 18.7. The lowest BCUT2D eigenvalue weighted by molar-refractivity contribution is -0.139. The summed E-state index contributed by atoms with van der Waals surface area (Å²) in [6, 6.07) is 5.77. The van der Waals surface area contributed by atoms with E-state index in [0.717, 1.165) is 45.3 Å². The van der Waals surface area contributed by atoms with Gasteiger partial charge in [-0.05, 0) is 55.9 Å². The van der Waals surface area contributed by atoms with E-state index in [1.165, 1.54) is 12.1 Å². The third kappa shape index (κ3) is 4.25. The van der Waals surface area contributed by atoms with Crippen LogP contribution in [0.15, 0.2) is 24.3 Å². The van der Waals surface area contributed by atoms with E-state index in [1.54, 1.807) is 12.1 Å². The molecule has 5 heteroatoms. The average molecular weight is 360 g/mol. The Bertz CT molecular complexity index is 658. The van der Waals surface area contributed by atoms with Crippen molar-refractivity contribution >= 4 is 11.8 Å². The average Bonchev–Trinajstić information content (AvgIpc) is 2.63. The number of carbonyl (C=O) groups excluding carboxylic acids is 2. The first-order valence-electron chi connectivity index (χ1n) is 9.71. The summed E-state index contributed by atoms with van der Waals surface area (Å²) in [6.07, 6.45) is 4.47. The van der Waals surface area contributed by atoms with Gasteiger partial charge in [0.05, 0.1) is 0 Å².